The lowest BCUT2D eigenvalue weighted by Gasteiger charge is -2.28. The fourth-order valence-corrected chi connectivity index (χ4v) is 3.28. The van der Waals surface area contributed by atoms with Gasteiger partial charge in [-0.3, -0.25) is 4.79 Å². The van der Waals surface area contributed by atoms with Crippen molar-refractivity contribution in [1.82, 2.24) is 0 Å². The molecule has 0 amide bonds. The molecule has 0 N–H and O–H groups in total. The van der Waals surface area contributed by atoms with E-state index in [1.807, 2.05) is 18.2 Å². The average molecular weight is 352 g/mol. The van der Waals surface area contributed by atoms with E-state index in [1.54, 1.807) is 0 Å². The van der Waals surface area contributed by atoms with Crippen molar-refractivity contribution in [3.8, 4) is 0 Å². The Bertz CT molecular complexity index is 589. The number of esters is 1. The molecule has 0 bridgehead atoms. The Kier molecular flexibility index (Phi) is 3.24. The van der Waals surface area contributed by atoms with E-state index in [0.717, 1.165) is 12.0 Å². The van der Waals surface area contributed by atoms with Gasteiger partial charge >= 0.3 is 5.97 Å². The van der Waals surface area contributed by atoms with E-state index in [1.165, 1.54) is 10.8 Å². The third-order valence-electron chi connectivity index (χ3n) is 3.34. The summed E-state index contributed by atoms with van der Waals surface area (Å²) in [5, 5.41) is 2.38. The van der Waals surface area contributed by atoms with Crippen molar-refractivity contribution in [2.24, 2.45) is 0 Å². The standard InChI is InChI=1S/C15H13IO2/c16-13-8-9-14(17)18-15(13)12-7-3-5-10-4-1-2-6-11(10)12/h1-7,13,15H,8-9H2/t13-,15-/m1/s1. The highest BCUT2D eigenvalue weighted by Gasteiger charge is 2.30. The Labute approximate surface area is 119 Å². The van der Waals surface area contributed by atoms with Crippen LogP contribution < -0.4 is 0 Å². The molecule has 92 valence electrons. The first-order valence-electron chi connectivity index (χ1n) is 6.07. The van der Waals surface area contributed by atoms with Crippen LogP contribution in [-0.4, -0.2) is 9.89 Å². The first-order chi connectivity index (χ1) is 8.75. The van der Waals surface area contributed by atoms with Crippen molar-refractivity contribution >= 4 is 39.3 Å². The number of hydrogen-bond donors (Lipinski definition) is 0. The molecule has 2 aromatic carbocycles. The molecule has 0 saturated carbocycles. The van der Waals surface area contributed by atoms with Crippen LogP contribution >= 0.6 is 22.6 Å². The third kappa shape index (κ3) is 2.11. The fourth-order valence-electron chi connectivity index (χ4n) is 2.44. The van der Waals surface area contributed by atoms with Crippen LogP contribution in [0.25, 0.3) is 10.8 Å². The minimum Gasteiger partial charge on any atom is -0.456 e. The molecule has 0 spiro atoms. The number of hydrogen-bond acceptors (Lipinski definition) is 2. The highest BCUT2D eigenvalue weighted by Crippen LogP contribution is 2.37. The first kappa shape index (κ1) is 12.0. The number of alkyl halides is 1. The minimum absolute atomic E-state index is 0.0825. The molecule has 0 aromatic heterocycles. The van der Waals surface area contributed by atoms with E-state index in [9.17, 15) is 4.79 Å². The predicted molar refractivity (Wildman–Crippen MR) is 79.8 cm³/mol. The van der Waals surface area contributed by atoms with E-state index in [0.29, 0.717) is 10.3 Å². The van der Waals surface area contributed by atoms with Crippen molar-refractivity contribution in [2.45, 2.75) is 22.9 Å². The van der Waals surface area contributed by atoms with Gasteiger partial charge < -0.3 is 4.74 Å². The molecule has 1 saturated heterocycles. The monoisotopic (exact) mass is 352 g/mol. The second kappa shape index (κ2) is 4.88. The fraction of sp³-hybridized carbons (Fsp3) is 0.267. The van der Waals surface area contributed by atoms with E-state index in [-0.39, 0.29) is 12.1 Å². The lowest BCUT2D eigenvalue weighted by Crippen LogP contribution is -2.26. The van der Waals surface area contributed by atoms with Crippen molar-refractivity contribution in [3.63, 3.8) is 0 Å². The van der Waals surface area contributed by atoms with Gasteiger partial charge in [-0.2, -0.15) is 0 Å². The third-order valence-corrected chi connectivity index (χ3v) is 4.62. The molecular formula is C15H13IO2. The summed E-state index contributed by atoms with van der Waals surface area (Å²) in [6, 6.07) is 14.4. The van der Waals surface area contributed by atoms with Gasteiger partial charge in [-0.05, 0) is 17.2 Å². The quantitative estimate of drug-likeness (QED) is 0.440. The van der Waals surface area contributed by atoms with Crippen molar-refractivity contribution in [2.75, 3.05) is 0 Å². The van der Waals surface area contributed by atoms with Crippen LogP contribution in [-0.2, 0) is 9.53 Å². The number of halogens is 1. The van der Waals surface area contributed by atoms with Gasteiger partial charge in [0, 0.05) is 12.0 Å². The van der Waals surface area contributed by atoms with Gasteiger partial charge in [0.05, 0.1) is 3.92 Å². The molecule has 1 aliphatic heterocycles. The van der Waals surface area contributed by atoms with Gasteiger partial charge in [0.2, 0.25) is 0 Å². The van der Waals surface area contributed by atoms with Crippen LogP contribution in [0, 0.1) is 0 Å². The number of ether oxygens (including phenoxy) is 1. The maximum absolute atomic E-state index is 11.5. The molecule has 1 aliphatic rings. The van der Waals surface area contributed by atoms with Crippen LogP contribution in [0.15, 0.2) is 42.5 Å². The smallest absolute Gasteiger partial charge is 0.306 e. The number of carbonyl (C=O) groups excluding carboxylic acids is 1. The zero-order valence-corrected chi connectivity index (χ0v) is 12.0. The summed E-state index contributed by atoms with van der Waals surface area (Å²) in [6.45, 7) is 0. The second-order valence-electron chi connectivity index (χ2n) is 4.53. The van der Waals surface area contributed by atoms with Gasteiger partial charge in [0.15, 0.2) is 0 Å². The number of fused-ring (bicyclic) bond motifs is 1. The van der Waals surface area contributed by atoms with Crippen molar-refractivity contribution < 1.29 is 9.53 Å². The molecule has 1 fully saturated rings. The largest absolute Gasteiger partial charge is 0.456 e. The molecule has 3 rings (SSSR count). The number of rotatable bonds is 1. The van der Waals surface area contributed by atoms with Gasteiger partial charge in [0.1, 0.15) is 6.10 Å². The summed E-state index contributed by atoms with van der Waals surface area (Å²) in [5.74, 6) is -0.0825. The van der Waals surface area contributed by atoms with Gasteiger partial charge in [0.25, 0.3) is 0 Å². The van der Waals surface area contributed by atoms with E-state index >= 15 is 0 Å². The Morgan fingerprint density at radius 3 is 2.78 bits per heavy atom. The summed E-state index contributed by atoms with van der Waals surface area (Å²) in [5.41, 5.74) is 1.13. The van der Waals surface area contributed by atoms with Crippen LogP contribution in [0.3, 0.4) is 0 Å². The molecule has 2 nitrogen and oxygen atoms in total. The molecule has 2 atom stereocenters. The maximum Gasteiger partial charge on any atom is 0.306 e. The average Bonchev–Trinajstić information content (AvgIpc) is 2.41. The summed E-state index contributed by atoms with van der Waals surface area (Å²) < 4.78 is 5.90. The summed E-state index contributed by atoms with van der Waals surface area (Å²) in [7, 11) is 0. The number of carbonyl (C=O) groups is 1. The molecule has 2 aromatic rings. The predicted octanol–water partition coefficient (Wildman–Crippen LogP) is 4.02. The first-order valence-corrected chi connectivity index (χ1v) is 7.31. The van der Waals surface area contributed by atoms with Gasteiger partial charge in [-0.15, -0.1) is 0 Å². The SMILES string of the molecule is O=C1CC[C@@H](I)[C@@H](c2cccc3ccccc23)O1. The van der Waals surface area contributed by atoms with E-state index < -0.39 is 0 Å². The topological polar surface area (TPSA) is 26.3 Å². The van der Waals surface area contributed by atoms with Crippen LogP contribution in [0.4, 0.5) is 0 Å². The molecule has 18 heavy (non-hydrogen) atoms. The lowest BCUT2D eigenvalue weighted by molar-refractivity contribution is -0.153. The molecule has 1 heterocycles. The van der Waals surface area contributed by atoms with Crippen molar-refractivity contribution in [3.05, 3.63) is 48.0 Å². The van der Waals surface area contributed by atoms with Gasteiger partial charge in [-0.1, -0.05) is 65.1 Å². The summed E-state index contributed by atoms with van der Waals surface area (Å²) >= 11 is 2.39. The second-order valence-corrected chi connectivity index (χ2v) is 6.13. The molecule has 0 aliphatic carbocycles. The van der Waals surface area contributed by atoms with Crippen LogP contribution in [0.2, 0.25) is 0 Å². The molecule has 0 unspecified atom stereocenters. The lowest BCUT2D eigenvalue weighted by atomic mass is 9.96. The Morgan fingerprint density at radius 1 is 1.11 bits per heavy atom. The summed E-state index contributed by atoms with van der Waals surface area (Å²) in [4.78, 5) is 11.5. The maximum atomic E-state index is 11.5. The van der Waals surface area contributed by atoms with Crippen molar-refractivity contribution in [1.29, 1.82) is 0 Å². The Balaban J connectivity index is 2.10. The van der Waals surface area contributed by atoms with E-state index in [4.69, 9.17) is 4.74 Å². The number of benzene rings is 2. The Hall–Kier alpha value is -1.10. The van der Waals surface area contributed by atoms with Crippen LogP contribution in [0.1, 0.15) is 24.5 Å². The zero-order valence-electron chi connectivity index (χ0n) is 9.80. The molecule has 0 radical (unpaired) electrons. The van der Waals surface area contributed by atoms with Gasteiger partial charge in [-0.25, -0.2) is 0 Å². The normalized spacial score (nSPS) is 23.9. The minimum atomic E-state index is -0.113. The highest BCUT2D eigenvalue weighted by molar-refractivity contribution is 14.1. The Morgan fingerprint density at radius 2 is 1.89 bits per heavy atom. The highest BCUT2D eigenvalue weighted by atomic mass is 127. The molecular weight excluding hydrogens is 339 g/mol. The molecule has 3 heteroatoms. The zero-order chi connectivity index (χ0) is 12.5. The summed E-state index contributed by atoms with van der Waals surface area (Å²) in [6.07, 6.45) is 1.32. The van der Waals surface area contributed by atoms with Crippen LogP contribution in [0.5, 0.6) is 0 Å². The van der Waals surface area contributed by atoms with E-state index in [2.05, 4.69) is 46.9 Å². The number of cyclic esters (lactones) is 1.